The molecule has 0 rings (SSSR count). The van der Waals surface area contributed by atoms with Crippen LogP contribution < -0.4 is 16.0 Å². The first-order chi connectivity index (χ1) is 8.77. The minimum absolute atomic E-state index is 0.288. The molecular weight excluding hydrogens is 254 g/mol. The van der Waals surface area contributed by atoms with Crippen LogP contribution in [0.25, 0.3) is 0 Å². The van der Waals surface area contributed by atoms with Gasteiger partial charge < -0.3 is 26.2 Å². The number of aliphatic hydroxyl groups excluding tert-OH is 1. The third kappa shape index (κ3) is 7.24. The molecule has 0 aromatic rings. The molecule has 0 saturated carbocycles. The van der Waals surface area contributed by atoms with Gasteiger partial charge in [-0.1, -0.05) is 13.8 Å². The van der Waals surface area contributed by atoms with Gasteiger partial charge in [0.05, 0.1) is 6.61 Å². The van der Waals surface area contributed by atoms with Crippen molar-refractivity contribution < 1.29 is 24.6 Å². The fraction of sp³-hybridized carbons (Fsp3) is 0.727. The van der Waals surface area contributed by atoms with Gasteiger partial charge in [-0.3, -0.25) is 4.79 Å². The number of carboxylic acid groups (broad SMARTS) is 1. The molecule has 0 bridgehead atoms. The second-order valence-electron chi connectivity index (χ2n) is 4.55. The molecule has 0 aromatic carbocycles. The Bertz CT molecular complexity index is 332. The quantitative estimate of drug-likeness (QED) is 0.402. The Hall–Kier alpha value is -1.83. The van der Waals surface area contributed by atoms with E-state index < -0.39 is 30.7 Å². The first-order valence-electron chi connectivity index (χ1n) is 5.96. The Morgan fingerprint density at radius 3 is 2.11 bits per heavy atom. The van der Waals surface area contributed by atoms with Crippen molar-refractivity contribution >= 4 is 17.9 Å². The summed E-state index contributed by atoms with van der Waals surface area (Å²) in [5.74, 6) is -1.43. The van der Waals surface area contributed by atoms with E-state index in [0.717, 1.165) is 0 Å². The number of urea groups is 1. The number of carbonyl (C=O) groups is 3. The lowest BCUT2D eigenvalue weighted by Crippen LogP contribution is -2.53. The van der Waals surface area contributed by atoms with E-state index in [1.807, 2.05) is 19.2 Å². The first kappa shape index (κ1) is 17.2. The molecule has 0 aliphatic heterocycles. The van der Waals surface area contributed by atoms with Gasteiger partial charge in [-0.15, -0.1) is 0 Å². The highest BCUT2D eigenvalue weighted by atomic mass is 16.4. The van der Waals surface area contributed by atoms with E-state index in [1.54, 1.807) is 0 Å². The largest absolute Gasteiger partial charge is 0.480 e. The van der Waals surface area contributed by atoms with Crippen LogP contribution in [0.1, 0.15) is 20.8 Å². The van der Waals surface area contributed by atoms with E-state index in [0.29, 0.717) is 6.54 Å². The second-order valence-corrected chi connectivity index (χ2v) is 4.55. The number of rotatable bonds is 7. The molecule has 8 nitrogen and oxygen atoms in total. The molecule has 110 valence electrons. The summed E-state index contributed by atoms with van der Waals surface area (Å²) in [6.07, 6.45) is 0. The summed E-state index contributed by atoms with van der Waals surface area (Å²) in [5.41, 5.74) is 0. The van der Waals surface area contributed by atoms with Gasteiger partial charge in [-0.25, -0.2) is 9.59 Å². The molecule has 3 amide bonds. The average Bonchev–Trinajstić information content (AvgIpc) is 2.32. The van der Waals surface area contributed by atoms with Gasteiger partial charge in [-0.2, -0.15) is 0 Å². The van der Waals surface area contributed by atoms with Crippen LogP contribution in [-0.2, 0) is 9.59 Å². The summed E-state index contributed by atoms with van der Waals surface area (Å²) in [6.45, 7) is 5.11. The first-order valence-corrected chi connectivity index (χ1v) is 5.96. The van der Waals surface area contributed by atoms with E-state index in [9.17, 15) is 14.4 Å². The van der Waals surface area contributed by atoms with Crippen molar-refractivity contribution in [2.45, 2.75) is 32.9 Å². The molecule has 0 radical (unpaired) electrons. The van der Waals surface area contributed by atoms with Crippen LogP contribution in [0.5, 0.6) is 0 Å². The highest BCUT2D eigenvalue weighted by Gasteiger charge is 2.21. The molecule has 19 heavy (non-hydrogen) atoms. The summed E-state index contributed by atoms with van der Waals surface area (Å²) in [7, 11) is 0. The number of aliphatic carboxylic acids is 1. The highest BCUT2D eigenvalue weighted by Crippen LogP contribution is 1.90. The molecule has 5 N–H and O–H groups in total. The predicted molar refractivity (Wildman–Crippen MR) is 67.5 cm³/mol. The molecule has 8 heteroatoms. The van der Waals surface area contributed by atoms with Gasteiger partial charge in [0.15, 0.2) is 6.04 Å². The van der Waals surface area contributed by atoms with Crippen molar-refractivity contribution in [3.8, 4) is 0 Å². The molecule has 0 aromatic heterocycles. The van der Waals surface area contributed by atoms with Crippen molar-refractivity contribution in [2.75, 3.05) is 13.2 Å². The summed E-state index contributed by atoms with van der Waals surface area (Å²) in [6, 6.07) is -3.02. The zero-order valence-corrected chi connectivity index (χ0v) is 11.3. The van der Waals surface area contributed by atoms with Gasteiger partial charge in [0, 0.05) is 6.54 Å². The predicted octanol–water partition coefficient (Wildman–Crippen LogP) is -1.11. The van der Waals surface area contributed by atoms with Crippen LogP contribution >= 0.6 is 0 Å². The topological polar surface area (TPSA) is 128 Å². The van der Waals surface area contributed by atoms with Crippen LogP contribution in [0, 0.1) is 5.92 Å². The molecular formula is C11H21N3O5. The summed E-state index contributed by atoms with van der Waals surface area (Å²) < 4.78 is 0. The van der Waals surface area contributed by atoms with E-state index in [1.165, 1.54) is 6.92 Å². The maximum Gasteiger partial charge on any atom is 0.328 e. The molecule has 0 aliphatic carbocycles. The molecule has 2 unspecified atom stereocenters. The molecule has 0 aliphatic rings. The monoisotopic (exact) mass is 275 g/mol. The molecule has 0 saturated heterocycles. The Balaban J connectivity index is 4.17. The number of hydrogen-bond donors (Lipinski definition) is 5. The van der Waals surface area contributed by atoms with Crippen LogP contribution in [0.15, 0.2) is 0 Å². The second kappa shape index (κ2) is 8.30. The lowest BCUT2D eigenvalue weighted by molar-refractivity contribution is -0.140. The number of aliphatic hydroxyl groups is 1. The minimum atomic E-state index is -1.40. The van der Waals surface area contributed by atoms with Gasteiger partial charge in [-0.05, 0) is 12.8 Å². The van der Waals surface area contributed by atoms with E-state index >= 15 is 0 Å². The van der Waals surface area contributed by atoms with Gasteiger partial charge in [0.25, 0.3) is 0 Å². The zero-order valence-electron chi connectivity index (χ0n) is 11.3. The van der Waals surface area contributed by atoms with Gasteiger partial charge >= 0.3 is 12.0 Å². The minimum Gasteiger partial charge on any atom is -0.480 e. The van der Waals surface area contributed by atoms with Gasteiger partial charge in [0.2, 0.25) is 5.91 Å². The van der Waals surface area contributed by atoms with Crippen LogP contribution in [0.3, 0.4) is 0 Å². The Morgan fingerprint density at radius 2 is 1.68 bits per heavy atom. The number of hydrogen-bond acceptors (Lipinski definition) is 4. The lowest BCUT2D eigenvalue weighted by atomic mass is 10.2. The third-order valence-corrected chi connectivity index (χ3v) is 2.21. The maximum atomic E-state index is 11.6. The van der Waals surface area contributed by atoms with Crippen molar-refractivity contribution in [2.24, 2.45) is 5.92 Å². The Morgan fingerprint density at radius 1 is 1.11 bits per heavy atom. The number of carboxylic acids is 1. The van der Waals surface area contributed by atoms with Gasteiger partial charge in [0.1, 0.15) is 6.04 Å². The number of carbonyl (C=O) groups excluding carboxylic acids is 2. The van der Waals surface area contributed by atoms with E-state index in [2.05, 4.69) is 10.6 Å². The number of nitrogens with one attached hydrogen (secondary N) is 3. The fourth-order valence-corrected chi connectivity index (χ4v) is 1.11. The van der Waals surface area contributed by atoms with Crippen molar-refractivity contribution in [3.63, 3.8) is 0 Å². The SMILES string of the molecule is CC(C)CNC(=O)C(C)NC(=O)NC(CO)C(=O)O. The van der Waals surface area contributed by atoms with Crippen LogP contribution in [0.2, 0.25) is 0 Å². The Labute approximate surface area is 111 Å². The Kier molecular flexibility index (Phi) is 7.50. The lowest BCUT2D eigenvalue weighted by Gasteiger charge is -2.17. The van der Waals surface area contributed by atoms with E-state index in [-0.39, 0.29) is 11.8 Å². The average molecular weight is 275 g/mol. The number of amides is 3. The zero-order chi connectivity index (χ0) is 15.0. The summed E-state index contributed by atoms with van der Waals surface area (Å²) >= 11 is 0. The summed E-state index contributed by atoms with van der Waals surface area (Å²) in [4.78, 5) is 33.5. The fourth-order valence-electron chi connectivity index (χ4n) is 1.11. The van der Waals surface area contributed by atoms with Crippen molar-refractivity contribution in [3.05, 3.63) is 0 Å². The van der Waals surface area contributed by atoms with E-state index in [4.69, 9.17) is 10.2 Å². The molecule has 0 spiro atoms. The maximum absolute atomic E-state index is 11.6. The molecule has 2 atom stereocenters. The standard InChI is InChI=1S/C11H21N3O5/c1-6(2)4-12-9(16)7(3)13-11(19)14-8(5-15)10(17)18/h6-8,15H,4-5H2,1-3H3,(H,12,16)(H,17,18)(H2,13,14,19). The molecule has 0 heterocycles. The highest BCUT2D eigenvalue weighted by molar-refractivity contribution is 5.88. The smallest absolute Gasteiger partial charge is 0.328 e. The summed E-state index contributed by atoms with van der Waals surface area (Å²) in [5, 5.41) is 24.3. The van der Waals surface area contributed by atoms with Crippen molar-refractivity contribution in [1.82, 2.24) is 16.0 Å². The van der Waals surface area contributed by atoms with Crippen LogP contribution in [-0.4, -0.2) is 53.4 Å². The van der Waals surface area contributed by atoms with Crippen LogP contribution in [0.4, 0.5) is 4.79 Å². The normalized spacial score (nSPS) is 13.5. The van der Waals surface area contributed by atoms with Crippen molar-refractivity contribution in [1.29, 1.82) is 0 Å². The molecule has 0 fully saturated rings. The third-order valence-electron chi connectivity index (χ3n) is 2.21.